The van der Waals surface area contributed by atoms with E-state index in [0.717, 1.165) is 36.8 Å². The van der Waals surface area contributed by atoms with E-state index in [2.05, 4.69) is 31.1 Å². The summed E-state index contributed by atoms with van der Waals surface area (Å²) < 4.78 is 64.8. The van der Waals surface area contributed by atoms with Crippen LogP contribution in [0.4, 0.5) is 0 Å². The molecule has 26 nitrogen and oxygen atoms in total. The summed E-state index contributed by atoms with van der Waals surface area (Å²) in [5, 5.41) is 31.2. The quantitative estimate of drug-likeness (QED) is 0.0522. The summed E-state index contributed by atoms with van der Waals surface area (Å²) in [7, 11) is 1.09. The molecule has 2 bridgehead atoms. The third-order valence-corrected chi connectivity index (χ3v) is 18.3. The van der Waals surface area contributed by atoms with Gasteiger partial charge < -0.3 is 63.3 Å². The van der Waals surface area contributed by atoms with E-state index in [0.29, 0.717) is 103 Å². The molecule has 3 fully saturated rings. The molecule has 11 atom stereocenters. The first-order chi connectivity index (χ1) is 43.1. The number of aryl methyl sites for hydroxylation is 1. The second-order valence-electron chi connectivity index (χ2n) is 24.1. The number of sulfone groups is 1. The highest BCUT2D eigenvalue weighted by Crippen LogP contribution is 2.43. The molecular weight excluding hydrogens is 1180 g/mol. The Morgan fingerprint density at radius 1 is 0.833 bits per heavy atom. The molecule has 2 aromatic carbocycles. The molecule has 496 valence electrons. The van der Waals surface area contributed by atoms with E-state index in [1.807, 2.05) is 52.1 Å². The number of amides is 5. The lowest BCUT2D eigenvalue weighted by atomic mass is 9.89. The van der Waals surface area contributed by atoms with Gasteiger partial charge in [0.1, 0.15) is 30.5 Å². The maximum absolute atomic E-state index is 14.8. The van der Waals surface area contributed by atoms with E-state index in [1.54, 1.807) is 69.8 Å². The van der Waals surface area contributed by atoms with Gasteiger partial charge in [-0.05, 0) is 92.5 Å². The second-order valence-corrected chi connectivity index (χ2v) is 26.0. The molecule has 2 saturated heterocycles. The molecule has 1 aliphatic carbocycles. The smallest absolute Gasteiger partial charge is 0.335 e. The van der Waals surface area contributed by atoms with Crippen LogP contribution in [-0.4, -0.2) is 218 Å². The van der Waals surface area contributed by atoms with Crippen molar-refractivity contribution < 1.29 is 75.1 Å². The van der Waals surface area contributed by atoms with Crippen molar-refractivity contribution in [1.29, 1.82) is 0 Å². The summed E-state index contributed by atoms with van der Waals surface area (Å²) in [5.41, 5.74) is 2.05. The van der Waals surface area contributed by atoms with Gasteiger partial charge in [0.2, 0.25) is 45.3 Å². The minimum atomic E-state index is -3.60. The molecule has 1 saturated carbocycles. The number of carbonyl (C=O) groups is 6. The molecule has 3 N–H and O–H groups in total. The average molecular weight is 1280 g/mol. The third-order valence-electron chi connectivity index (χ3n) is 17.5. The number of carboxylic acids is 1. The number of hydrogen-bond donors (Lipinski definition) is 3. The number of hydrogen-bond acceptors (Lipinski definition) is 19. The number of fused-ring (bicyclic) bond motifs is 2. The van der Waals surface area contributed by atoms with Gasteiger partial charge in [-0.1, -0.05) is 81.7 Å². The maximum Gasteiger partial charge on any atom is 0.335 e. The molecule has 3 unspecified atom stereocenters. The predicted octanol–water partition coefficient (Wildman–Crippen LogP) is 4.44. The van der Waals surface area contributed by atoms with Crippen LogP contribution in [-0.2, 0) is 81.7 Å². The number of piperidine rings is 1. The van der Waals surface area contributed by atoms with Crippen molar-refractivity contribution in [2.75, 3.05) is 80.3 Å². The van der Waals surface area contributed by atoms with Gasteiger partial charge in [-0.2, -0.15) is 0 Å². The Labute approximate surface area is 527 Å². The van der Waals surface area contributed by atoms with Crippen molar-refractivity contribution in [2.45, 2.75) is 165 Å². The molecule has 4 aromatic rings. The fraction of sp³-hybridized carbons (Fsp3) is 0.651. The standard InChI is InChI=1S/C63H92N10O16S/c1-10-41(4)55(51(83-7)38-53(75)72-27-15-19-50(72)57(84-8)42(5)58(76)64-49(62(79)80)36-43-16-12-11-13-17-43)70(6)61(78)54(40(2)3)65-59(77)56-45-21-24-47(37-45)73(56)52(74)20-14-18-46-39-71(69-66-46)28-29-85-30-31-86-32-33-87-34-35-88-48-25-22-44(23-26-48)60-67-68-63(89-60)90(9,81)82/h11-13,16-17,22-23,25-26,39-42,45,47,49-51,54-57H,10,14-15,18-21,24,27-38H2,1-9H3,(H,64,76)(H,65,77)(H,79,80)/t41-,42+,45-,47+,49?,50?,51+,54?,55-,56-,57+/m0/s1. The van der Waals surface area contributed by atoms with Crippen LogP contribution in [0.25, 0.3) is 11.5 Å². The Bertz CT molecular complexity index is 3080. The van der Waals surface area contributed by atoms with E-state index in [4.69, 9.17) is 32.8 Å². The van der Waals surface area contributed by atoms with Crippen LogP contribution in [0, 0.1) is 23.7 Å². The van der Waals surface area contributed by atoms with Crippen molar-refractivity contribution in [1.82, 2.24) is 50.5 Å². The summed E-state index contributed by atoms with van der Waals surface area (Å²) in [6.07, 6.45) is 6.82. The number of nitrogens with zero attached hydrogens (tertiary/aromatic N) is 8. The van der Waals surface area contributed by atoms with Crippen LogP contribution >= 0.6 is 0 Å². The van der Waals surface area contributed by atoms with Crippen LogP contribution < -0.4 is 15.4 Å². The molecule has 2 aromatic heterocycles. The normalized spacial score (nSPS) is 19.7. The number of methoxy groups -OCH3 is 2. The van der Waals surface area contributed by atoms with Gasteiger partial charge >= 0.3 is 11.2 Å². The van der Waals surface area contributed by atoms with Gasteiger partial charge in [0.25, 0.3) is 0 Å². The van der Waals surface area contributed by atoms with Crippen LogP contribution in [0.2, 0.25) is 0 Å². The third kappa shape index (κ3) is 19.1. The Morgan fingerprint density at radius 3 is 2.16 bits per heavy atom. The number of carboxylic acid groups (broad SMARTS) is 1. The lowest BCUT2D eigenvalue weighted by Crippen LogP contribution is -2.60. The second kappa shape index (κ2) is 34.0. The van der Waals surface area contributed by atoms with Gasteiger partial charge in [0.15, 0.2) is 0 Å². The van der Waals surface area contributed by atoms with Crippen molar-refractivity contribution in [3.8, 4) is 17.2 Å². The number of carbonyl (C=O) groups excluding carboxylic acids is 5. The summed E-state index contributed by atoms with van der Waals surface area (Å²) in [5.74, 6) is -3.31. The maximum atomic E-state index is 14.8. The highest BCUT2D eigenvalue weighted by Gasteiger charge is 2.52. The van der Waals surface area contributed by atoms with Gasteiger partial charge in [-0.3, -0.25) is 24.0 Å². The summed E-state index contributed by atoms with van der Waals surface area (Å²) in [6, 6.07) is 11.9. The van der Waals surface area contributed by atoms with E-state index < -0.39 is 75.3 Å². The molecule has 4 heterocycles. The number of nitrogens with one attached hydrogen (secondary N) is 2. The van der Waals surface area contributed by atoms with E-state index >= 15 is 0 Å². The van der Waals surface area contributed by atoms with Crippen molar-refractivity contribution in [3.05, 3.63) is 72.1 Å². The minimum Gasteiger partial charge on any atom is -0.491 e. The zero-order valence-electron chi connectivity index (χ0n) is 53.4. The van der Waals surface area contributed by atoms with Crippen molar-refractivity contribution in [3.63, 3.8) is 0 Å². The lowest BCUT2D eigenvalue weighted by Gasteiger charge is -2.41. The van der Waals surface area contributed by atoms with Crippen molar-refractivity contribution in [2.24, 2.45) is 23.7 Å². The fourth-order valence-corrected chi connectivity index (χ4v) is 12.9. The topological polar surface area (TPSA) is 316 Å². The first-order valence-corrected chi connectivity index (χ1v) is 33.2. The van der Waals surface area contributed by atoms with E-state index in [-0.39, 0.29) is 72.6 Å². The van der Waals surface area contributed by atoms with E-state index in [9.17, 15) is 42.3 Å². The average Bonchev–Trinajstić information content (AvgIpc) is 1.84. The number of aromatic nitrogens is 5. The molecule has 0 radical (unpaired) electrons. The predicted molar refractivity (Wildman–Crippen MR) is 328 cm³/mol. The number of likely N-dealkylation sites (N-methyl/N-ethyl adjacent to an activating group) is 1. The highest BCUT2D eigenvalue weighted by atomic mass is 32.2. The van der Waals surface area contributed by atoms with Gasteiger partial charge in [0, 0.05) is 64.7 Å². The first-order valence-electron chi connectivity index (χ1n) is 31.3. The van der Waals surface area contributed by atoms with Gasteiger partial charge in [0.05, 0.1) is 88.5 Å². The molecule has 0 spiro atoms. The molecule has 7 rings (SSSR count). The Kier molecular flexibility index (Phi) is 26.6. The Morgan fingerprint density at radius 2 is 1.52 bits per heavy atom. The van der Waals surface area contributed by atoms with Crippen LogP contribution in [0.3, 0.4) is 0 Å². The number of ether oxygens (including phenoxy) is 6. The fourth-order valence-electron chi connectivity index (χ4n) is 12.5. The minimum absolute atomic E-state index is 0.0325. The summed E-state index contributed by atoms with van der Waals surface area (Å²) >= 11 is 0. The summed E-state index contributed by atoms with van der Waals surface area (Å²) in [4.78, 5) is 88.9. The van der Waals surface area contributed by atoms with Crippen LogP contribution in [0.5, 0.6) is 5.75 Å². The van der Waals surface area contributed by atoms with Gasteiger partial charge in [-0.15, -0.1) is 10.2 Å². The zero-order valence-corrected chi connectivity index (χ0v) is 54.2. The molecule has 2 aliphatic heterocycles. The van der Waals surface area contributed by atoms with Gasteiger partial charge in [-0.25, -0.2) is 17.9 Å². The molecule has 90 heavy (non-hydrogen) atoms. The largest absolute Gasteiger partial charge is 0.491 e. The molecular formula is C63H92N10O16S. The highest BCUT2D eigenvalue weighted by molar-refractivity contribution is 7.90. The Hall–Kier alpha value is -6.91. The zero-order chi connectivity index (χ0) is 65.1. The van der Waals surface area contributed by atoms with Crippen LogP contribution in [0.1, 0.15) is 104 Å². The number of likely N-dealkylation sites (tertiary alicyclic amines) is 2. The molecule has 5 amide bonds. The monoisotopic (exact) mass is 1280 g/mol. The molecule has 3 aliphatic rings. The lowest BCUT2D eigenvalue weighted by molar-refractivity contribution is -0.149. The molecule has 27 heteroatoms. The van der Waals surface area contributed by atoms with Crippen molar-refractivity contribution >= 4 is 45.3 Å². The van der Waals surface area contributed by atoms with E-state index in [1.165, 1.54) is 14.2 Å². The number of aliphatic carboxylic acids is 1. The SMILES string of the molecule is CC[C@H](C)[C@@H]([C@@H](CC(=O)N1CCCC1[C@H](OC)[C@@H](C)C(=O)NC(Cc1ccccc1)C(=O)O)OC)N(C)C(=O)C(NC(=O)[C@@H]1[C@H]2CC[C@H](C2)N1C(=O)CCCc1cn(CCOCCOCCOCCOc2ccc(-c3nnc(S(C)(=O)=O)o3)cc2)nn1)C(C)C. The number of benzene rings is 2. The van der Waals surface area contributed by atoms with Crippen LogP contribution in [0.15, 0.2) is 70.4 Å². The Balaban J connectivity index is 0.820. The first kappa shape index (κ1) is 70.5. The number of rotatable bonds is 38. The summed E-state index contributed by atoms with van der Waals surface area (Å²) in [6.45, 7) is 12.9.